The van der Waals surface area contributed by atoms with Crippen LogP contribution in [0, 0.1) is 0 Å². The average Bonchev–Trinajstić information content (AvgIpc) is 2.87. The van der Waals surface area contributed by atoms with Gasteiger partial charge in [-0.15, -0.1) is 0 Å². The van der Waals surface area contributed by atoms with E-state index in [2.05, 4.69) is 41.4 Å². The molecular formula is C19H24N2O2S. The van der Waals surface area contributed by atoms with Gasteiger partial charge in [0.25, 0.3) is 0 Å². The van der Waals surface area contributed by atoms with E-state index < -0.39 is 9.84 Å². The summed E-state index contributed by atoms with van der Waals surface area (Å²) < 4.78 is 23.9. The second-order valence-corrected chi connectivity index (χ2v) is 8.59. The summed E-state index contributed by atoms with van der Waals surface area (Å²) in [6.45, 7) is 4.06. The highest BCUT2D eigenvalue weighted by molar-refractivity contribution is 7.90. The molecule has 5 heteroatoms. The van der Waals surface area contributed by atoms with Gasteiger partial charge in [-0.25, -0.2) is 8.42 Å². The Labute approximate surface area is 144 Å². The van der Waals surface area contributed by atoms with Gasteiger partial charge in [-0.3, -0.25) is 4.90 Å². The van der Waals surface area contributed by atoms with Crippen molar-refractivity contribution in [1.29, 1.82) is 0 Å². The third kappa shape index (κ3) is 3.97. The van der Waals surface area contributed by atoms with E-state index >= 15 is 0 Å². The van der Waals surface area contributed by atoms with Crippen molar-refractivity contribution in [2.24, 2.45) is 0 Å². The minimum atomic E-state index is -3.23. The van der Waals surface area contributed by atoms with E-state index in [1.165, 1.54) is 11.8 Å². The van der Waals surface area contributed by atoms with Crippen LogP contribution >= 0.6 is 0 Å². The summed E-state index contributed by atoms with van der Waals surface area (Å²) in [6, 6.07) is 18.3. The lowest BCUT2D eigenvalue weighted by atomic mass is 10.1. The molecule has 0 radical (unpaired) electrons. The molecule has 1 aliphatic heterocycles. The Morgan fingerprint density at radius 1 is 1.08 bits per heavy atom. The Bertz CT molecular complexity index is 790. The maximum atomic E-state index is 11.9. The van der Waals surface area contributed by atoms with E-state index in [0.29, 0.717) is 16.6 Å². The van der Waals surface area contributed by atoms with Gasteiger partial charge in [0.2, 0.25) is 0 Å². The number of hydrogen-bond acceptors (Lipinski definition) is 4. The standard InChI is InChI=1S/C19H24N2O2S/c1-15-12-17(14-21(15)13-16-8-4-3-5-9-16)20-18-10-6-7-11-19(18)24(2,22)23/h3-11,15,17,20H,12-14H2,1-2H3. The number of nitrogens with zero attached hydrogens (tertiary/aromatic N) is 1. The van der Waals surface area contributed by atoms with Crippen molar-refractivity contribution in [2.75, 3.05) is 18.1 Å². The number of benzene rings is 2. The number of sulfone groups is 1. The highest BCUT2D eigenvalue weighted by atomic mass is 32.2. The Morgan fingerprint density at radius 2 is 1.75 bits per heavy atom. The van der Waals surface area contributed by atoms with E-state index in [1.807, 2.05) is 18.2 Å². The first-order valence-corrected chi connectivity index (χ1v) is 10.2. The highest BCUT2D eigenvalue weighted by Gasteiger charge is 2.29. The lowest BCUT2D eigenvalue weighted by molar-refractivity contribution is 0.259. The summed E-state index contributed by atoms with van der Waals surface area (Å²) >= 11 is 0. The molecule has 0 spiro atoms. The van der Waals surface area contributed by atoms with E-state index in [0.717, 1.165) is 19.5 Å². The molecule has 0 amide bonds. The molecule has 0 saturated carbocycles. The molecule has 128 valence electrons. The number of hydrogen-bond donors (Lipinski definition) is 1. The number of nitrogens with one attached hydrogen (secondary N) is 1. The van der Waals surface area contributed by atoms with Crippen molar-refractivity contribution in [3.8, 4) is 0 Å². The summed E-state index contributed by atoms with van der Waals surface area (Å²) in [5.74, 6) is 0. The van der Waals surface area contributed by atoms with Gasteiger partial charge in [-0.05, 0) is 31.0 Å². The second-order valence-electron chi connectivity index (χ2n) is 6.61. The lowest BCUT2D eigenvalue weighted by Crippen LogP contribution is -2.28. The van der Waals surface area contributed by atoms with Crippen molar-refractivity contribution >= 4 is 15.5 Å². The van der Waals surface area contributed by atoms with Crippen LogP contribution in [0.5, 0.6) is 0 Å². The topological polar surface area (TPSA) is 49.4 Å². The van der Waals surface area contributed by atoms with Gasteiger partial charge in [0.1, 0.15) is 0 Å². The Balaban J connectivity index is 1.70. The summed E-state index contributed by atoms with van der Waals surface area (Å²) in [6.07, 6.45) is 2.26. The van der Waals surface area contributed by atoms with Gasteiger partial charge in [0.05, 0.1) is 10.6 Å². The van der Waals surface area contributed by atoms with Crippen LogP contribution in [-0.2, 0) is 16.4 Å². The molecule has 2 aromatic carbocycles. The monoisotopic (exact) mass is 344 g/mol. The first kappa shape index (κ1) is 17.0. The van der Waals surface area contributed by atoms with Crippen LogP contribution in [0.4, 0.5) is 5.69 Å². The second kappa shape index (κ2) is 6.95. The van der Waals surface area contributed by atoms with Crippen LogP contribution < -0.4 is 5.32 Å². The molecule has 2 unspecified atom stereocenters. The van der Waals surface area contributed by atoms with Gasteiger partial charge < -0.3 is 5.32 Å². The zero-order chi connectivity index (χ0) is 17.2. The van der Waals surface area contributed by atoms with Gasteiger partial charge >= 0.3 is 0 Å². The largest absolute Gasteiger partial charge is 0.380 e. The Morgan fingerprint density at radius 3 is 2.46 bits per heavy atom. The van der Waals surface area contributed by atoms with Crippen LogP contribution in [0.1, 0.15) is 18.9 Å². The van der Waals surface area contributed by atoms with E-state index in [9.17, 15) is 8.42 Å². The van der Waals surface area contributed by atoms with Crippen molar-refractivity contribution < 1.29 is 8.42 Å². The highest BCUT2D eigenvalue weighted by Crippen LogP contribution is 2.26. The molecule has 1 aliphatic rings. The maximum Gasteiger partial charge on any atom is 0.177 e. The van der Waals surface area contributed by atoms with Gasteiger partial charge in [-0.1, -0.05) is 42.5 Å². The third-order valence-electron chi connectivity index (χ3n) is 4.58. The number of rotatable bonds is 5. The zero-order valence-electron chi connectivity index (χ0n) is 14.1. The summed E-state index contributed by atoms with van der Waals surface area (Å²) in [5, 5.41) is 3.44. The minimum Gasteiger partial charge on any atom is -0.380 e. The van der Waals surface area contributed by atoms with Crippen LogP contribution in [0.2, 0.25) is 0 Å². The van der Waals surface area contributed by atoms with Crippen molar-refractivity contribution in [3.63, 3.8) is 0 Å². The van der Waals surface area contributed by atoms with Crippen molar-refractivity contribution in [1.82, 2.24) is 4.90 Å². The van der Waals surface area contributed by atoms with Gasteiger partial charge in [-0.2, -0.15) is 0 Å². The molecule has 4 nitrogen and oxygen atoms in total. The molecular weight excluding hydrogens is 320 g/mol. The maximum absolute atomic E-state index is 11.9. The minimum absolute atomic E-state index is 0.256. The zero-order valence-corrected chi connectivity index (χ0v) is 15.0. The van der Waals surface area contributed by atoms with Crippen LogP contribution in [0.25, 0.3) is 0 Å². The Kier molecular flexibility index (Phi) is 4.92. The van der Waals surface area contributed by atoms with Crippen molar-refractivity contribution in [3.05, 3.63) is 60.2 Å². The van der Waals surface area contributed by atoms with E-state index in [1.54, 1.807) is 12.1 Å². The molecule has 1 N–H and O–H groups in total. The van der Waals surface area contributed by atoms with Crippen LogP contribution in [0.15, 0.2) is 59.5 Å². The first-order valence-electron chi connectivity index (χ1n) is 8.27. The summed E-state index contributed by atoms with van der Waals surface area (Å²) in [7, 11) is -3.23. The fourth-order valence-corrected chi connectivity index (χ4v) is 4.22. The van der Waals surface area contributed by atoms with Crippen LogP contribution in [-0.4, -0.2) is 38.2 Å². The predicted molar refractivity (Wildman–Crippen MR) is 97.9 cm³/mol. The quantitative estimate of drug-likeness (QED) is 0.905. The van der Waals surface area contributed by atoms with Gasteiger partial charge in [0, 0.05) is 31.4 Å². The van der Waals surface area contributed by atoms with E-state index in [-0.39, 0.29) is 6.04 Å². The average molecular weight is 344 g/mol. The molecule has 1 saturated heterocycles. The molecule has 0 aromatic heterocycles. The van der Waals surface area contributed by atoms with Crippen LogP contribution in [0.3, 0.4) is 0 Å². The molecule has 24 heavy (non-hydrogen) atoms. The number of para-hydroxylation sites is 1. The third-order valence-corrected chi connectivity index (χ3v) is 5.73. The lowest BCUT2D eigenvalue weighted by Gasteiger charge is -2.21. The predicted octanol–water partition coefficient (Wildman–Crippen LogP) is 3.17. The summed E-state index contributed by atoms with van der Waals surface area (Å²) in [4.78, 5) is 2.81. The molecule has 2 aromatic rings. The molecule has 1 fully saturated rings. The molecule has 2 atom stereocenters. The Hall–Kier alpha value is -1.85. The smallest absolute Gasteiger partial charge is 0.177 e. The van der Waals surface area contributed by atoms with E-state index in [4.69, 9.17) is 0 Å². The number of anilines is 1. The number of likely N-dealkylation sites (tertiary alicyclic amines) is 1. The molecule has 1 heterocycles. The molecule has 0 aliphatic carbocycles. The molecule has 3 rings (SSSR count). The summed E-state index contributed by atoms with van der Waals surface area (Å²) in [5.41, 5.74) is 2.01. The normalized spacial score (nSPS) is 21.8. The van der Waals surface area contributed by atoms with Crippen molar-refractivity contribution in [2.45, 2.75) is 36.9 Å². The fraction of sp³-hybridized carbons (Fsp3) is 0.368. The SMILES string of the molecule is CC1CC(Nc2ccccc2S(C)(=O)=O)CN1Cc1ccccc1. The van der Waals surface area contributed by atoms with Gasteiger partial charge in [0.15, 0.2) is 9.84 Å². The molecule has 0 bridgehead atoms. The fourth-order valence-electron chi connectivity index (χ4n) is 3.37. The first-order chi connectivity index (χ1) is 11.4.